The van der Waals surface area contributed by atoms with Gasteiger partial charge in [0.25, 0.3) is 0 Å². The van der Waals surface area contributed by atoms with Crippen LogP contribution in [0.5, 0.6) is 0 Å². The summed E-state index contributed by atoms with van der Waals surface area (Å²) in [7, 11) is 1.53. The second-order valence-corrected chi connectivity index (χ2v) is 2.62. The Morgan fingerprint density at radius 1 is 1.80 bits per heavy atom. The van der Waals surface area contributed by atoms with Crippen molar-refractivity contribution < 1.29 is 14.9 Å². The number of aliphatic hydroxyl groups excluding tert-OH is 1. The van der Waals surface area contributed by atoms with Crippen molar-refractivity contribution in [3.8, 4) is 0 Å². The average Bonchev–Trinajstić information content (AvgIpc) is 2.32. The third kappa shape index (κ3) is 1.15. The maximum Gasteiger partial charge on any atom is 0.127 e. The van der Waals surface area contributed by atoms with Crippen LogP contribution in [-0.4, -0.2) is 48.7 Å². The lowest BCUT2D eigenvalue weighted by atomic mass is 10.0. The molecule has 0 spiro atoms. The molecule has 0 bridgehead atoms. The number of aliphatic hydroxyl groups is 2. The standard InChI is InChI=1S/C6H13NO3/c1-10-5-2-7-3-6(5,9)4-8/h5,7-9H,2-4H2,1H3/t5-,6-/m0/s1. The van der Waals surface area contributed by atoms with Crippen molar-refractivity contribution in [3.05, 3.63) is 0 Å². The monoisotopic (exact) mass is 147 g/mol. The number of rotatable bonds is 2. The van der Waals surface area contributed by atoms with Crippen LogP contribution in [0.15, 0.2) is 0 Å². The van der Waals surface area contributed by atoms with Crippen molar-refractivity contribution >= 4 is 0 Å². The fourth-order valence-electron chi connectivity index (χ4n) is 1.18. The summed E-state index contributed by atoms with van der Waals surface area (Å²) in [6, 6.07) is 0. The highest BCUT2D eigenvalue weighted by atomic mass is 16.5. The fourth-order valence-corrected chi connectivity index (χ4v) is 1.18. The van der Waals surface area contributed by atoms with Crippen molar-refractivity contribution in [2.45, 2.75) is 11.7 Å². The Labute approximate surface area is 59.8 Å². The van der Waals surface area contributed by atoms with Crippen molar-refractivity contribution in [2.24, 2.45) is 0 Å². The van der Waals surface area contributed by atoms with E-state index in [1.165, 1.54) is 7.11 Å². The van der Waals surface area contributed by atoms with Crippen LogP contribution in [-0.2, 0) is 4.74 Å². The molecule has 0 amide bonds. The van der Waals surface area contributed by atoms with E-state index in [0.29, 0.717) is 13.1 Å². The van der Waals surface area contributed by atoms with E-state index >= 15 is 0 Å². The minimum Gasteiger partial charge on any atom is -0.393 e. The van der Waals surface area contributed by atoms with Gasteiger partial charge in [-0.05, 0) is 0 Å². The second-order valence-electron chi connectivity index (χ2n) is 2.62. The van der Waals surface area contributed by atoms with Crippen molar-refractivity contribution in [3.63, 3.8) is 0 Å². The van der Waals surface area contributed by atoms with E-state index in [9.17, 15) is 5.11 Å². The first kappa shape index (κ1) is 7.94. The summed E-state index contributed by atoms with van der Waals surface area (Å²) in [4.78, 5) is 0. The molecule has 1 heterocycles. The number of β-amino-alcohol motifs (C(OH)–C–C–N with tert-alkyl or cyclic N) is 1. The summed E-state index contributed by atoms with van der Waals surface area (Å²) in [6.07, 6.45) is -0.280. The maximum atomic E-state index is 9.52. The highest BCUT2D eigenvalue weighted by molar-refractivity contribution is 4.96. The van der Waals surface area contributed by atoms with Gasteiger partial charge in [0.05, 0.1) is 6.61 Å². The van der Waals surface area contributed by atoms with Gasteiger partial charge >= 0.3 is 0 Å². The molecule has 0 aromatic heterocycles. The quantitative estimate of drug-likeness (QED) is 0.437. The first-order valence-corrected chi connectivity index (χ1v) is 3.29. The topological polar surface area (TPSA) is 61.7 Å². The SMILES string of the molecule is CO[C@H]1CNC[C@]1(O)CO. The zero-order valence-corrected chi connectivity index (χ0v) is 6.00. The van der Waals surface area contributed by atoms with Gasteiger partial charge in [0.15, 0.2) is 0 Å². The summed E-state index contributed by atoms with van der Waals surface area (Å²) in [5.74, 6) is 0. The molecule has 1 fully saturated rings. The summed E-state index contributed by atoms with van der Waals surface area (Å²) in [6.45, 7) is 0.758. The fraction of sp³-hybridized carbons (Fsp3) is 1.00. The average molecular weight is 147 g/mol. The molecule has 60 valence electrons. The molecule has 2 atom stereocenters. The van der Waals surface area contributed by atoms with Crippen molar-refractivity contribution in [1.29, 1.82) is 0 Å². The molecule has 10 heavy (non-hydrogen) atoms. The number of nitrogens with one attached hydrogen (secondary N) is 1. The molecule has 3 N–H and O–H groups in total. The lowest BCUT2D eigenvalue weighted by molar-refractivity contribution is -0.0886. The van der Waals surface area contributed by atoms with E-state index in [1.54, 1.807) is 0 Å². The van der Waals surface area contributed by atoms with Crippen LogP contribution < -0.4 is 5.32 Å². The Morgan fingerprint density at radius 2 is 2.50 bits per heavy atom. The van der Waals surface area contributed by atoms with Gasteiger partial charge < -0.3 is 20.3 Å². The highest BCUT2D eigenvalue weighted by Crippen LogP contribution is 2.16. The predicted molar refractivity (Wildman–Crippen MR) is 35.7 cm³/mol. The Balaban J connectivity index is 2.56. The second kappa shape index (κ2) is 2.84. The van der Waals surface area contributed by atoms with Crippen LogP contribution in [0, 0.1) is 0 Å². The molecule has 0 aromatic rings. The summed E-state index contributed by atoms with van der Waals surface area (Å²) >= 11 is 0. The van der Waals surface area contributed by atoms with Crippen LogP contribution in [0.4, 0.5) is 0 Å². The van der Waals surface area contributed by atoms with Gasteiger partial charge in [-0.2, -0.15) is 0 Å². The van der Waals surface area contributed by atoms with E-state index in [4.69, 9.17) is 9.84 Å². The zero-order valence-electron chi connectivity index (χ0n) is 6.00. The number of hydrogen-bond donors (Lipinski definition) is 3. The van der Waals surface area contributed by atoms with Crippen LogP contribution >= 0.6 is 0 Å². The third-order valence-corrected chi connectivity index (χ3v) is 1.92. The Bertz CT molecular complexity index is 120. The lowest BCUT2D eigenvalue weighted by Crippen LogP contribution is -2.46. The van der Waals surface area contributed by atoms with Crippen LogP contribution in [0.1, 0.15) is 0 Å². The normalized spacial score (nSPS) is 40.5. The summed E-state index contributed by atoms with van der Waals surface area (Å²) < 4.78 is 4.95. The van der Waals surface area contributed by atoms with Crippen LogP contribution in [0.2, 0.25) is 0 Å². The lowest BCUT2D eigenvalue weighted by Gasteiger charge is -2.24. The largest absolute Gasteiger partial charge is 0.393 e. The molecule has 1 aliphatic rings. The van der Waals surface area contributed by atoms with Crippen LogP contribution in [0.3, 0.4) is 0 Å². The molecule has 1 aliphatic heterocycles. The third-order valence-electron chi connectivity index (χ3n) is 1.92. The molecular formula is C6H13NO3. The minimum atomic E-state index is -1.07. The molecule has 4 nitrogen and oxygen atoms in total. The molecule has 0 aliphatic carbocycles. The zero-order chi connectivity index (χ0) is 7.61. The van der Waals surface area contributed by atoms with E-state index in [2.05, 4.69) is 5.32 Å². The molecule has 0 unspecified atom stereocenters. The first-order chi connectivity index (χ1) is 4.73. The molecule has 4 heteroatoms. The summed E-state index contributed by atoms with van der Waals surface area (Å²) in [5, 5.41) is 21.2. The highest BCUT2D eigenvalue weighted by Gasteiger charge is 2.40. The van der Waals surface area contributed by atoms with Gasteiger partial charge in [-0.1, -0.05) is 0 Å². The van der Waals surface area contributed by atoms with E-state index in [-0.39, 0.29) is 12.7 Å². The summed E-state index contributed by atoms with van der Waals surface area (Å²) in [5.41, 5.74) is -1.07. The number of hydrogen-bond acceptors (Lipinski definition) is 4. The molecular weight excluding hydrogens is 134 g/mol. The Morgan fingerprint density at radius 3 is 2.90 bits per heavy atom. The van der Waals surface area contributed by atoms with Gasteiger partial charge in [-0.25, -0.2) is 0 Å². The van der Waals surface area contributed by atoms with Gasteiger partial charge in [0, 0.05) is 20.2 Å². The smallest absolute Gasteiger partial charge is 0.127 e. The predicted octanol–water partition coefficient (Wildman–Crippen LogP) is -1.67. The minimum absolute atomic E-state index is 0.251. The molecule has 0 aromatic carbocycles. The van der Waals surface area contributed by atoms with Crippen molar-refractivity contribution in [2.75, 3.05) is 26.8 Å². The van der Waals surface area contributed by atoms with Gasteiger partial charge in [0.1, 0.15) is 11.7 Å². The van der Waals surface area contributed by atoms with Gasteiger partial charge in [-0.15, -0.1) is 0 Å². The first-order valence-electron chi connectivity index (χ1n) is 3.29. The van der Waals surface area contributed by atoms with Gasteiger partial charge in [-0.3, -0.25) is 0 Å². The van der Waals surface area contributed by atoms with E-state index < -0.39 is 5.60 Å². The van der Waals surface area contributed by atoms with E-state index in [1.807, 2.05) is 0 Å². The molecule has 1 saturated heterocycles. The molecule has 0 radical (unpaired) electrons. The molecule has 1 rings (SSSR count). The van der Waals surface area contributed by atoms with Crippen LogP contribution in [0.25, 0.3) is 0 Å². The number of methoxy groups -OCH3 is 1. The number of ether oxygens (including phenoxy) is 1. The maximum absolute atomic E-state index is 9.52. The Hall–Kier alpha value is -0.160. The molecule has 0 saturated carbocycles. The van der Waals surface area contributed by atoms with Crippen molar-refractivity contribution in [1.82, 2.24) is 5.32 Å². The van der Waals surface area contributed by atoms with E-state index in [0.717, 1.165) is 0 Å². The Kier molecular flexibility index (Phi) is 2.25. The van der Waals surface area contributed by atoms with Gasteiger partial charge in [0.2, 0.25) is 0 Å².